The van der Waals surface area contributed by atoms with E-state index in [1.54, 1.807) is 7.11 Å². The topological polar surface area (TPSA) is 96.7 Å². The maximum atomic E-state index is 10.9. The first-order chi connectivity index (χ1) is 15.2. The van der Waals surface area contributed by atoms with Crippen molar-refractivity contribution in [1.29, 1.82) is 0 Å². The predicted octanol–water partition coefficient (Wildman–Crippen LogP) is 2.28. The van der Waals surface area contributed by atoms with Crippen molar-refractivity contribution in [3.05, 3.63) is 28.6 Å². The summed E-state index contributed by atoms with van der Waals surface area (Å²) >= 11 is 1.43. The molecule has 0 amide bonds. The van der Waals surface area contributed by atoms with Gasteiger partial charge in [-0.2, -0.15) is 0 Å². The Kier molecular flexibility index (Phi) is 5.84. The summed E-state index contributed by atoms with van der Waals surface area (Å²) in [5.41, 5.74) is 1.97. The van der Waals surface area contributed by atoms with E-state index in [1.807, 2.05) is 5.38 Å². The molecule has 0 spiro atoms. The number of anilines is 2. The number of ether oxygens (including phenoxy) is 2. The Morgan fingerprint density at radius 2 is 2.06 bits per heavy atom. The number of fused-ring (bicyclic) bond motifs is 1. The Morgan fingerprint density at radius 3 is 2.87 bits per heavy atom. The van der Waals surface area contributed by atoms with Gasteiger partial charge in [0, 0.05) is 43.2 Å². The van der Waals surface area contributed by atoms with Gasteiger partial charge in [-0.3, -0.25) is 0 Å². The number of benzene rings is 1. The Labute approximate surface area is 184 Å². The van der Waals surface area contributed by atoms with E-state index in [9.17, 15) is 5.11 Å². The van der Waals surface area contributed by atoms with Crippen molar-refractivity contribution in [2.45, 2.75) is 18.9 Å². The molecule has 2 saturated heterocycles. The third-order valence-corrected chi connectivity index (χ3v) is 6.95. The van der Waals surface area contributed by atoms with E-state index < -0.39 is 6.10 Å². The highest BCUT2D eigenvalue weighted by Gasteiger charge is 2.30. The Hall–Kier alpha value is -2.56. The minimum absolute atomic E-state index is 0.0715. The second-order valence-corrected chi connectivity index (χ2v) is 8.82. The van der Waals surface area contributed by atoms with Crippen molar-refractivity contribution in [1.82, 2.24) is 20.4 Å². The lowest BCUT2D eigenvalue weighted by atomic mass is 9.92. The van der Waals surface area contributed by atoms with Gasteiger partial charge in [-0.25, -0.2) is 4.98 Å². The molecular formula is C21H26N6O3S. The fourth-order valence-electron chi connectivity index (χ4n) is 4.37. The fraction of sp³-hybridized carbons (Fsp3) is 0.524. The van der Waals surface area contributed by atoms with Gasteiger partial charge in [0.05, 0.1) is 25.7 Å². The minimum atomic E-state index is -0.620. The monoisotopic (exact) mass is 442 g/mol. The molecule has 0 aliphatic carbocycles. The van der Waals surface area contributed by atoms with Crippen molar-refractivity contribution in [2.24, 2.45) is 5.92 Å². The molecule has 10 heteroatoms. The van der Waals surface area contributed by atoms with E-state index >= 15 is 0 Å². The molecule has 0 radical (unpaired) electrons. The number of hydrogen-bond donors (Lipinski definition) is 1. The molecule has 31 heavy (non-hydrogen) atoms. The smallest absolute Gasteiger partial charge is 0.224 e. The summed E-state index contributed by atoms with van der Waals surface area (Å²) in [4.78, 5) is 8.90. The maximum absolute atomic E-state index is 10.9. The molecule has 4 heterocycles. The van der Waals surface area contributed by atoms with Crippen LogP contribution >= 0.6 is 11.3 Å². The number of aliphatic hydroxyl groups is 1. The molecule has 0 saturated carbocycles. The predicted molar refractivity (Wildman–Crippen MR) is 119 cm³/mol. The zero-order chi connectivity index (χ0) is 21.2. The van der Waals surface area contributed by atoms with Crippen LogP contribution in [0.1, 0.15) is 24.0 Å². The van der Waals surface area contributed by atoms with Crippen LogP contribution in [0.2, 0.25) is 0 Å². The van der Waals surface area contributed by atoms with Crippen LogP contribution in [0.5, 0.6) is 5.88 Å². The summed E-state index contributed by atoms with van der Waals surface area (Å²) in [5.74, 6) is 1.45. The first kappa shape index (κ1) is 20.3. The van der Waals surface area contributed by atoms with E-state index in [2.05, 4.69) is 48.4 Å². The van der Waals surface area contributed by atoms with E-state index in [1.165, 1.54) is 11.3 Å². The van der Waals surface area contributed by atoms with Gasteiger partial charge >= 0.3 is 0 Å². The summed E-state index contributed by atoms with van der Waals surface area (Å²) < 4.78 is 10.6. The fourth-order valence-corrected chi connectivity index (χ4v) is 5.22. The molecule has 164 valence electrons. The molecular weight excluding hydrogens is 416 g/mol. The Balaban J connectivity index is 1.38. The van der Waals surface area contributed by atoms with Crippen LogP contribution in [-0.4, -0.2) is 72.0 Å². The Bertz CT molecular complexity index is 1040. The summed E-state index contributed by atoms with van der Waals surface area (Å²) in [6, 6.07) is 6.29. The molecule has 0 unspecified atom stereocenters. The number of morpholine rings is 1. The number of aliphatic hydroxyl groups excluding tert-OH is 1. The minimum Gasteiger partial charge on any atom is -0.480 e. The van der Waals surface area contributed by atoms with Crippen molar-refractivity contribution in [3.8, 4) is 5.88 Å². The second-order valence-electron chi connectivity index (χ2n) is 7.94. The van der Waals surface area contributed by atoms with E-state index in [0.717, 1.165) is 68.1 Å². The lowest BCUT2D eigenvalue weighted by molar-refractivity contribution is 0.0973. The first-order valence-corrected chi connectivity index (χ1v) is 11.5. The zero-order valence-electron chi connectivity index (χ0n) is 17.5. The zero-order valence-corrected chi connectivity index (χ0v) is 18.3. The molecule has 1 aromatic carbocycles. The number of methoxy groups -OCH3 is 1. The molecule has 3 aromatic rings. The highest BCUT2D eigenvalue weighted by Crippen LogP contribution is 2.35. The normalized spacial score (nSPS) is 20.8. The van der Waals surface area contributed by atoms with E-state index in [-0.39, 0.29) is 5.92 Å². The average molecular weight is 443 g/mol. The maximum Gasteiger partial charge on any atom is 0.224 e. The van der Waals surface area contributed by atoms with Crippen LogP contribution in [0, 0.1) is 5.92 Å². The second kappa shape index (κ2) is 8.89. The van der Waals surface area contributed by atoms with Crippen LogP contribution < -0.4 is 14.5 Å². The number of hydrogen-bond acceptors (Lipinski definition) is 10. The van der Waals surface area contributed by atoms with Gasteiger partial charge < -0.3 is 24.4 Å². The van der Waals surface area contributed by atoms with Crippen LogP contribution in [0.15, 0.2) is 23.6 Å². The summed E-state index contributed by atoms with van der Waals surface area (Å²) in [7, 11) is 1.59. The molecule has 2 aliphatic heterocycles. The van der Waals surface area contributed by atoms with Crippen LogP contribution in [0.4, 0.5) is 11.5 Å². The van der Waals surface area contributed by atoms with Crippen molar-refractivity contribution < 1.29 is 14.6 Å². The van der Waals surface area contributed by atoms with Crippen LogP contribution in [0.25, 0.3) is 10.9 Å². The molecule has 5 rings (SSSR count). The first-order valence-electron chi connectivity index (χ1n) is 10.6. The molecule has 2 aromatic heterocycles. The van der Waals surface area contributed by atoms with E-state index in [0.29, 0.717) is 17.4 Å². The number of aromatic nitrogens is 4. The number of nitrogens with zero attached hydrogens (tertiary/aromatic N) is 6. The van der Waals surface area contributed by atoms with Gasteiger partial charge in [-0.1, -0.05) is 0 Å². The van der Waals surface area contributed by atoms with Gasteiger partial charge in [0.25, 0.3) is 0 Å². The highest BCUT2D eigenvalue weighted by atomic mass is 32.1. The quantitative estimate of drug-likeness (QED) is 0.638. The lowest BCUT2D eigenvalue weighted by Crippen LogP contribution is -2.38. The average Bonchev–Trinajstić information content (AvgIpc) is 3.33. The highest BCUT2D eigenvalue weighted by molar-refractivity contribution is 7.09. The SMILES string of the molecule is COc1csc([C@H](O)[C@H]2CCCN(c3nnnc4cc(N5CCOCC5)ccc34)C2)n1. The van der Waals surface area contributed by atoms with Gasteiger partial charge in [0.15, 0.2) is 5.82 Å². The Morgan fingerprint density at radius 1 is 1.19 bits per heavy atom. The third-order valence-electron chi connectivity index (χ3n) is 6.06. The largest absolute Gasteiger partial charge is 0.480 e. The molecule has 2 fully saturated rings. The third kappa shape index (κ3) is 4.15. The molecule has 0 bridgehead atoms. The molecule has 1 N–H and O–H groups in total. The molecule has 2 atom stereocenters. The van der Waals surface area contributed by atoms with Crippen molar-refractivity contribution >= 4 is 33.7 Å². The number of piperidine rings is 1. The standard InChI is InChI=1S/C21H26N6O3S/c1-29-18-13-31-21(22-18)19(28)14-3-2-6-27(12-14)20-16-5-4-15(11-17(16)23-25-24-20)26-7-9-30-10-8-26/h4-5,11,13-14,19,28H,2-3,6-10,12H2,1H3/t14-,19+/m0/s1. The number of thiazole rings is 1. The van der Waals surface area contributed by atoms with E-state index in [4.69, 9.17) is 9.47 Å². The van der Waals surface area contributed by atoms with Crippen molar-refractivity contribution in [2.75, 3.05) is 56.3 Å². The van der Waals surface area contributed by atoms with Crippen LogP contribution in [0.3, 0.4) is 0 Å². The molecule has 2 aliphatic rings. The van der Waals surface area contributed by atoms with Gasteiger partial charge in [0.1, 0.15) is 16.6 Å². The lowest BCUT2D eigenvalue weighted by Gasteiger charge is -2.35. The van der Waals surface area contributed by atoms with Crippen LogP contribution in [-0.2, 0) is 4.74 Å². The summed E-state index contributed by atoms with van der Waals surface area (Å²) in [6.07, 6.45) is 1.30. The van der Waals surface area contributed by atoms with Crippen molar-refractivity contribution in [3.63, 3.8) is 0 Å². The van der Waals surface area contributed by atoms with Gasteiger partial charge in [-0.05, 0) is 36.3 Å². The van der Waals surface area contributed by atoms with Gasteiger partial charge in [0.2, 0.25) is 5.88 Å². The summed E-state index contributed by atoms with van der Waals surface area (Å²) in [5, 5.41) is 27.1. The summed E-state index contributed by atoms with van der Waals surface area (Å²) in [6.45, 7) is 4.82. The van der Waals surface area contributed by atoms with Gasteiger partial charge in [-0.15, -0.1) is 21.5 Å². The molecule has 9 nitrogen and oxygen atoms in total. The number of rotatable bonds is 5.